The van der Waals surface area contributed by atoms with E-state index >= 15 is 4.39 Å². The highest BCUT2D eigenvalue weighted by atomic mass is 35.5. The summed E-state index contributed by atoms with van der Waals surface area (Å²) < 4.78 is 19.8. The van der Waals surface area contributed by atoms with Crippen molar-refractivity contribution in [2.75, 3.05) is 24.5 Å². The third-order valence-electron chi connectivity index (χ3n) is 12.5. The molecule has 1 amide bonds. The number of anilines is 1. The van der Waals surface area contributed by atoms with Gasteiger partial charge in [-0.1, -0.05) is 41.4 Å². The van der Waals surface area contributed by atoms with E-state index in [1.165, 1.54) is 0 Å². The molecule has 1 N–H and O–H groups in total. The molecule has 6 aliphatic rings. The number of benzene rings is 2. The van der Waals surface area contributed by atoms with Gasteiger partial charge in [-0.2, -0.15) is 5.26 Å². The molecule has 2 aromatic carbocycles. The molecule has 6 unspecified atom stereocenters. The van der Waals surface area contributed by atoms with Crippen LogP contribution in [0, 0.1) is 41.8 Å². The molecular weight excluding hydrogens is 696 g/mol. The van der Waals surface area contributed by atoms with Crippen molar-refractivity contribution < 1.29 is 9.18 Å². The number of rotatable bonds is 7. The van der Waals surface area contributed by atoms with Gasteiger partial charge in [0.1, 0.15) is 11.3 Å². The average Bonchev–Trinajstić information content (AvgIpc) is 3.43. The fourth-order valence-electron chi connectivity index (χ4n) is 10.0. The second-order valence-electron chi connectivity index (χ2n) is 15.5. The number of amides is 1. The zero-order valence-electron chi connectivity index (χ0n) is 28.8. The van der Waals surface area contributed by atoms with E-state index in [0.29, 0.717) is 40.1 Å². The number of pyridine rings is 2. The molecule has 4 saturated heterocycles. The standard InChI is InChI=1S/C41H38Cl2FN7O/c1-21-28-17-32(39-25-14-26(50(39)41(52)22-10-11-22)20-49(19-25)33-9-2-3-13-46-33)51(38-24-16-31(38)47-18-24)40(28)29-15-23(6-5-12-45)34(36(44)37(29)48-21)27-7-4-8-30(42)35(27)43/h2-4,7-9,13,15,17,22,24-26,31,38-39,47H,5-6,10-11,14,16,18-20H2,1H3. The first-order valence-corrected chi connectivity index (χ1v) is 19.3. The van der Waals surface area contributed by atoms with Gasteiger partial charge in [-0.15, -0.1) is 0 Å². The summed E-state index contributed by atoms with van der Waals surface area (Å²) in [5.74, 6) is 1.48. The van der Waals surface area contributed by atoms with Crippen LogP contribution in [0.3, 0.4) is 0 Å². The molecule has 6 fully saturated rings. The van der Waals surface area contributed by atoms with Crippen LogP contribution in [0.25, 0.3) is 32.9 Å². The van der Waals surface area contributed by atoms with E-state index in [9.17, 15) is 10.1 Å². The lowest BCUT2D eigenvalue weighted by atomic mass is 9.79. The van der Waals surface area contributed by atoms with Crippen molar-refractivity contribution in [3.63, 3.8) is 0 Å². The Labute approximate surface area is 311 Å². The number of aromatic nitrogens is 3. The van der Waals surface area contributed by atoms with Gasteiger partial charge in [0.25, 0.3) is 0 Å². The SMILES string of the molecule is Cc1nc2c(F)c(-c3cccc(Cl)c3Cl)c(CCC#N)cc2c2c1cc(C1C3CC(CN(c4ccccn4)C3)N1C(=O)C1CC1)n2C1C2CNC1C2. The number of carbonyl (C=O) groups is 1. The summed E-state index contributed by atoms with van der Waals surface area (Å²) in [4.78, 5) is 28.6. The summed E-state index contributed by atoms with van der Waals surface area (Å²) >= 11 is 13.2. The van der Waals surface area contributed by atoms with E-state index in [4.69, 9.17) is 33.2 Å². The number of nitriles is 1. The zero-order valence-corrected chi connectivity index (χ0v) is 30.3. The zero-order chi connectivity index (χ0) is 35.4. The van der Waals surface area contributed by atoms with Gasteiger partial charge < -0.3 is 19.7 Å². The number of hydrogen-bond acceptors (Lipinski definition) is 6. The van der Waals surface area contributed by atoms with Gasteiger partial charge in [0.15, 0.2) is 5.82 Å². The van der Waals surface area contributed by atoms with Crippen molar-refractivity contribution in [3.05, 3.63) is 87.5 Å². The van der Waals surface area contributed by atoms with Crippen molar-refractivity contribution in [2.24, 2.45) is 17.8 Å². The highest BCUT2D eigenvalue weighted by Gasteiger charge is 2.55. The van der Waals surface area contributed by atoms with Gasteiger partial charge in [-0.3, -0.25) is 4.79 Å². The number of piperidine rings is 1. The van der Waals surface area contributed by atoms with Crippen LogP contribution >= 0.6 is 23.2 Å². The maximum Gasteiger partial charge on any atom is 0.226 e. The molecule has 0 spiro atoms. The molecule has 11 heteroatoms. The molecule has 7 heterocycles. The normalized spacial score (nSPS) is 26.3. The van der Waals surface area contributed by atoms with E-state index in [0.717, 1.165) is 78.8 Å². The van der Waals surface area contributed by atoms with Gasteiger partial charge in [0, 0.05) is 83.4 Å². The highest BCUT2D eigenvalue weighted by molar-refractivity contribution is 6.43. The van der Waals surface area contributed by atoms with Crippen LogP contribution in [0.4, 0.5) is 10.2 Å². The molecule has 264 valence electrons. The van der Waals surface area contributed by atoms with Crippen LogP contribution < -0.4 is 10.2 Å². The summed E-state index contributed by atoms with van der Waals surface area (Å²) in [7, 11) is 0. The maximum atomic E-state index is 17.3. The molecular formula is C41H38Cl2FN7O. The number of carbonyl (C=O) groups excluding carboxylic acids is 1. The molecule has 52 heavy (non-hydrogen) atoms. The lowest BCUT2D eigenvalue weighted by molar-refractivity contribution is -0.135. The van der Waals surface area contributed by atoms with Crippen LogP contribution in [-0.4, -0.2) is 57.1 Å². The molecule has 2 saturated carbocycles. The Morgan fingerprint density at radius 1 is 1.08 bits per heavy atom. The Hall–Kier alpha value is -4.23. The molecule has 4 bridgehead atoms. The molecule has 4 aliphatic heterocycles. The van der Waals surface area contributed by atoms with Crippen LogP contribution in [0.5, 0.6) is 0 Å². The fraction of sp³-hybridized carbons (Fsp3) is 0.415. The van der Waals surface area contributed by atoms with E-state index in [2.05, 4.69) is 37.9 Å². The van der Waals surface area contributed by atoms with Gasteiger partial charge in [0.2, 0.25) is 5.91 Å². The smallest absolute Gasteiger partial charge is 0.226 e. The molecule has 0 radical (unpaired) electrons. The molecule has 8 nitrogen and oxygen atoms in total. The number of nitrogens with one attached hydrogen (secondary N) is 1. The van der Waals surface area contributed by atoms with E-state index in [-0.39, 0.29) is 52.8 Å². The monoisotopic (exact) mass is 733 g/mol. The summed E-state index contributed by atoms with van der Waals surface area (Å²) in [6.07, 6.45) is 6.33. The van der Waals surface area contributed by atoms with Crippen LogP contribution in [-0.2, 0) is 11.2 Å². The van der Waals surface area contributed by atoms with E-state index in [1.54, 1.807) is 18.2 Å². The van der Waals surface area contributed by atoms with Crippen molar-refractivity contribution in [3.8, 4) is 17.2 Å². The van der Waals surface area contributed by atoms with Gasteiger partial charge in [0.05, 0.1) is 39.8 Å². The third kappa shape index (κ3) is 4.83. The number of nitrogens with zero attached hydrogens (tertiary/aromatic N) is 6. The van der Waals surface area contributed by atoms with Gasteiger partial charge in [-0.05, 0) is 80.8 Å². The first kappa shape index (κ1) is 32.4. The molecule has 11 rings (SSSR count). The minimum absolute atomic E-state index is 0.0811. The predicted octanol–water partition coefficient (Wildman–Crippen LogP) is 8.18. The minimum atomic E-state index is -0.461. The Balaban J connectivity index is 1.22. The number of aryl methyl sites for hydroxylation is 2. The fourth-order valence-corrected chi connectivity index (χ4v) is 10.4. The van der Waals surface area contributed by atoms with Gasteiger partial charge in [-0.25, -0.2) is 14.4 Å². The Morgan fingerprint density at radius 2 is 1.94 bits per heavy atom. The summed E-state index contributed by atoms with van der Waals surface area (Å²) in [5.41, 5.74) is 4.63. The van der Waals surface area contributed by atoms with Gasteiger partial charge >= 0.3 is 0 Å². The van der Waals surface area contributed by atoms with Crippen molar-refractivity contribution >= 4 is 56.7 Å². The second-order valence-corrected chi connectivity index (χ2v) is 16.3. The van der Waals surface area contributed by atoms with Crippen molar-refractivity contribution in [1.29, 1.82) is 5.26 Å². The number of hydrogen-bond donors (Lipinski definition) is 1. The number of halogens is 3. The summed E-state index contributed by atoms with van der Waals surface area (Å²) in [5, 5.41) is 15.7. The van der Waals surface area contributed by atoms with Crippen LogP contribution in [0.1, 0.15) is 61.1 Å². The van der Waals surface area contributed by atoms with Crippen molar-refractivity contribution in [2.45, 2.75) is 69.6 Å². The predicted molar refractivity (Wildman–Crippen MR) is 201 cm³/mol. The second kappa shape index (κ2) is 12.2. The largest absolute Gasteiger partial charge is 0.354 e. The molecule has 2 aliphatic carbocycles. The van der Waals surface area contributed by atoms with Crippen LogP contribution in [0.15, 0.2) is 54.7 Å². The minimum Gasteiger partial charge on any atom is -0.354 e. The topological polar surface area (TPSA) is 90.1 Å². The Bertz CT molecular complexity index is 2320. The number of fused-ring (bicyclic) bond motifs is 6. The average molecular weight is 735 g/mol. The molecule has 6 atom stereocenters. The molecule has 5 aromatic rings. The van der Waals surface area contributed by atoms with Crippen LogP contribution in [0.2, 0.25) is 10.0 Å². The van der Waals surface area contributed by atoms with E-state index in [1.807, 2.05) is 31.3 Å². The summed E-state index contributed by atoms with van der Waals surface area (Å²) in [6, 6.07) is 18.2. The third-order valence-corrected chi connectivity index (χ3v) is 13.3. The first-order valence-electron chi connectivity index (χ1n) is 18.5. The highest BCUT2D eigenvalue weighted by Crippen LogP contribution is 2.54. The molecule has 3 aromatic heterocycles. The first-order chi connectivity index (χ1) is 25.3. The summed E-state index contributed by atoms with van der Waals surface area (Å²) in [6.45, 7) is 4.45. The number of likely N-dealkylation sites (tertiary alicyclic amines) is 1. The lowest BCUT2D eigenvalue weighted by Gasteiger charge is -2.40. The Kier molecular flexibility index (Phi) is 7.58. The van der Waals surface area contributed by atoms with Crippen molar-refractivity contribution in [1.82, 2.24) is 24.8 Å². The lowest BCUT2D eigenvalue weighted by Crippen LogP contribution is -2.45. The van der Waals surface area contributed by atoms with E-state index < -0.39 is 5.82 Å². The maximum absolute atomic E-state index is 17.3. The Morgan fingerprint density at radius 3 is 2.67 bits per heavy atom. The quantitative estimate of drug-likeness (QED) is 0.182.